The van der Waals surface area contributed by atoms with Crippen molar-refractivity contribution in [2.45, 2.75) is 25.3 Å². The third kappa shape index (κ3) is 3.26. The Balaban J connectivity index is 0.00000182. The van der Waals surface area contributed by atoms with E-state index in [1.165, 1.54) is 17.2 Å². The SMILES string of the molecule is CNCc1ccc(C2CC3=C4C(=CC(=O)NCC4C2)C(F)=N3)cc1.Cl. The van der Waals surface area contributed by atoms with E-state index in [9.17, 15) is 9.18 Å². The number of halogens is 2. The molecule has 3 aliphatic rings. The molecule has 0 aromatic heterocycles. The number of aliphatic imine (C=N–C) groups is 1. The van der Waals surface area contributed by atoms with Crippen molar-refractivity contribution < 1.29 is 9.18 Å². The van der Waals surface area contributed by atoms with Gasteiger partial charge in [0.15, 0.2) is 0 Å². The summed E-state index contributed by atoms with van der Waals surface area (Å²) in [6.45, 7) is 1.40. The van der Waals surface area contributed by atoms with Crippen LogP contribution in [0.15, 0.2) is 52.2 Å². The molecular weight excluding hydrogens is 341 g/mol. The van der Waals surface area contributed by atoms with Gasteiger partial charge in [0.25, 0.3) is 0 Å². The maximum absolute atomic E-state index is 14.2. The van der Waals surface area contributed by atoms with Crippen molar-refractivity contribution >= 4 is 24.3 Å². The number of benzene rings is 1. The monoisotopic (exact) mass is 361 g/mol. The number of allylic oxidation sites excluding steroid dienone is 2. The second-order valence-electron chi connectivity index (χ2n) is 6.67. The summed E-state index contributed by atoms with van der Waals surface area (Å²) >= 11 is 0. The summed E-state index contributed by atoms with van der Waals surface area (Å²) in [5.41, 5.74) is 4.65. The molecule has 4 nitrogen and oxygen atoms in total. The molecular formula is C19H21ClFN3O. The van der Waals surface area contributed by atoms with Crippen molar-refractivity contribution in [3.63, 3.8) is 0 Å². The lowest BCUT2D eigenvalue weighted by Crippen LogP contribution is -2.29. The molecule has 0 saturated heterocycles. The zero-order valence-corrected chi connectivity index (χ0v) is 14.8. The molecule has 2 N–H and O–H groups in total. The van der Waals surface area contributed by atoms with Crippen LogP contribution in [-0.2, 0) is 11.3 Å². The summed E-state index contributed by atoms with van der Waals surface area (Å²) in [7, 11) is 1.93. The molecule has 0 bridgehead atoms. The van der Waals surface area contributed by atoms with Crippen molar-refractivity contribution in [3.05, 3.63) is 58.3 Å². The molecule has 0 radical (unpaired) electrons. The minimum absolute atomic E-state index is 0. The van der Waals surface area contributed by atoms with Gasteiger partial charge < -0.3 is 10.6 Å². The maximum Gasteiger partial charge on any atom is 0.244 e. The zero-order valence-electron chi connectivity index (χ0n) is 14.0. The molecule has 6 heteroatoms. The first-order chi connectivity index (χ1) is 11.7. The highest BCUT2D eigenvalue weighted by atomic mass is 35.5. The standard InChI is InChI=1S/C19H20FN3O.ClH/c1-21-9-11-2-4-12(5-3-11)13-6-14-10-22-17(24)8-15-18(14)16(7-13)23-19(15)20;/h2-5,8,13-14,21H,6-7,9-10H2,1H3,(H,22,24);1H. The molecule has 2 atom stereocenters. The minimum Gasteiger partial charge on any atom is -0.352 e. The Morgan fingerprint density at radius 2 is 2.04 bits per heavy atom. The predicted molar refractivity (Wildman–Crippen MR) is 98.6 cm³/mol. The Morgan fingerprint density at radius 3 is 2.76 bits per heavy atom. The van der Waals surface area contributed by atoms with Crippen LogP contribution < -0.4 is 10.6 Å². The second-order valence-corrected chi connectivity index (χ2v) is 6.67. The van der Waals surface area contributed by atoms with E-state index in [0.29, 0.717) is 18.0 Å². The summed E-state index contributed by atoms with van der Waals surface area (Å²) in [4.78, 5) is 15.9. The van der Waals surface area contributed by atoms with Gasteiger partial charge in [-0.2, -0.15) is 4.39 Å². The summed E-state index contributed by atoms with van der Waals surface area (Å²) in [5.74, 6) is -0.299. The third-order valence-electron chi connectivity index (χ3n) is 5.10. The highest BCUT2D eigenvalue weighted by Crippen LogP contribution is 2.46. The van der Waals surface area contributed by atoms with Crippen LogP contribution in [0, 0.1) is 5.92 Å². The highest BCUT2D eigenvalue weighted by Gasteiger charge is 2.38. The normalized spacial score (nSPS) is 24.6. The number of hydrogen-bond acceptors (Lipinski definition) is 3. The largest absolute Gasteiger partial charge is 0.352 e. The van der Waals surface area contributed by atoms with Crippen LogP contribution >= 0.6 is 12.4 Å². The van der Waals surface area contributed by atoms with Crippen molar-refractivity contribution in [1.82, 2.24) is 10.6 Å². The molecule has 1 aromatic carbocycles. The molecule has 132 valence electrons. The lowest BCUT2D eigenvalue weighted by Gasteiger charge is -2.30. The van der Waals surface area contributed by atoms with Gasteiger partial charge >= 0.3 is 0 Å². The van der Waals surface area contributed by atoms with E-state index in [4.69, 9.17) is 0 Å². The lowest BCUT2D eigenvalue weighted by molar-refractivity contribution is -0.116. The third-order valence-corrected chi connectivity index (χ3v) is 5.10. The molecule has 1 aliphatic carbocycles. The number of nitrogens with one attached hydrogen (secondary N) is 2. The molecule has 1 aromatic rings. The van der Waals surface area contributed by atoms with Gasteiger partial charge in [-0.15, -0.1) is 12.4 Å². The van der Waals surface area contributed by atoms with E-state index in [-0.39, 0.29) is 24.2 Å². The fourth-order valence-corrected chi connectivity index (χ4v) is 3.99. The van der Waals surface area contributed by atoms with Gasteiger partial charge in [-0.1, -0.05) is 24.3 Å². The molecule has 25 heavy (non-hydrogen) atoms. The van der Waals surface area contributed by atoms with Gasteiger partial charge in [0, 0.05) is 36.4 Å². The average molecular weight is 362 g/mol. The van der Waals surface area contributed by atoms with Crippen LogP contribution in [0.4, 0.5) is 4.39 Å². The number of carbonyl (C=O) groups is 1. The number of carbonyl (C=O) groups excluding carboxylic acids is 1. The molecule has 4 rings (SSSR count). The van der Waals surface area contributed by atoms with Crippen molar-refractivity contribution in [3.8, 4) is 0 Å². The van der Waals surface area contributed by atoms with E-state index in [1.54, 1.807) is 0 Å². The topological polar surface area (TPSA) is 53.5 Å². The Bertz CT molecular complexity index is 782. The van der Waals surface area contributed by atoms with Gasteiger partial charge in [-0.3, -0.25) is 4.79 Å². The first-order valence-electron chi connectivity index (χ1n) is 8.36. The van der Waals surface area contributed by atoms with Crippen molar-refractivity contribution in [1.29, 1.82) is 0 Å². The first kappa shape index (κ1) is 17.8. The van der Waals surface area contributed by atoms with Gasteiger partial charge in [0.1, 0.15) is 0 Å². The molecule has 0 saturated carbocycles. The zero-order chi connectivity index (χ0) is 16.7. The fourth-order valence-electron chi connectivity index (χ4n) is 3.99. The van der Waals surface area contributed by atoms with Crippen LogP contribution in [0.25, 0.3) is 0 Å². The Labute approximate surface area is 152 Å². The summed E-state index contributed by atoms with van der Waals surface area (Å²) in [6.07, 6.45) is 2.99. The highest BCUT2D eigenvalue weighted by molar-refractivity contribution is 6.07. The van der Waals surface area contributed by atoms with Crippen molar-refractivity contribution in [2.24, 2.45) is 10.9 Å². The summed E-state index contributed by atoms with van der Waals surface area (Å²) in [6, 6.07) is 8.58. The predicted octanol–water partition coefficient (Wildman–Crippen LogP) is 3.01. The van der Waals surface area contributed by atoms with E-state index < -0.39 is 5.97 Å². The smallest absolute Gasteiger partial charge is 0.244 e. The average Bonchev–Trinajstić information content (AvgIpc) is 2.78. The van der Waals surface area contributed by atoms with Crippen LogP contribution in [0.1, 0.15) is 29.9 Å². The van der Waals surface area contributed by atoms with Crippen LogP contribution in [-0.4, -0.2) is 25.5 Å². The quantitative estimate of drug-likeness (QED) is 0.869. The van der Waals surface area contributed by atoms with E-state index in [0.717, 1.165) is 30.7 Å². The number of amides is 1. The van der Waals surface area contributed by atoms with Crippen LogP contribution in [0.3, 0.4) is 0 Å². The number of nitrogens with zero attached hydrogens (tertiary/aromatic N) is 1. The Hall–Kier alpha value is -1.98. The fraction of sp³-hybridized carbons (Fsp3) is 0.368. The van der Waals surface area contributed by atoms with E-state index >= 15 is 0 Å². The van der Waals surface area contributed by atoms with E-state index in [2.05, 4.69) is 39.9 Å². The summed E-state index contributed by atoms with van der Waals surface area (Å²) < 4.78 is 14.2. The van der Waals surface area contributed by atoms with Gasteiger partial charge in [0.05, 0.1) is 0 Å². The van der Waals surface area contributed by atoms with Crippen LogP contribution in [0.5, 0.6) is 0 Å². The number of rotatable bonds is 3. The molecule has 2 heterocycles. The first-order valence-corrected chi connectivity index (χ1v) is 8.36. The maximum atomic E-state index is 14.2. The number of hydrogen-bond donors (Lipinski definition) is 2. The molecule has 2 aliphatic heterocycles. The Morgan fingerprint density at radius 1 is 1.28 bits per heavy atom. The van der Waals surface area contributed by atoms with Gasteiger partial charge in [0.2, 0.25) is 11.9 Å². The van der Waals surface area contributed by atoms with Gasteiger partial charge in [-0.05, 0) is 42.5 Å². The second kappa shape index (κ2) is 7.10. The van der Waals surface area contributed by atoms with E-state index in [1.807, 2.05) is 7.05 Å². The Kier molecular flexibility index (Phi) is 5.06. The van der Waals surface area contributed by atoms with Crippen molar-refractivity contribution in [2.75, 3.05) is 13.6 Å². The molecule has 1 amide bonds. The molecule has 0 spiro atoms. The molecule has 2 unspecified atom stereocenters. The lowest BCUT2D eigenvalue weighted by atomic mass is 9.75. The summed E-state index contributed by atoms with van der Waals surface area (Å²) in [5, 5.41) is 6.01. The van der Waals surface area contributed by atoms with Crippen LogP contribution in [0.2, 0.25) is 0 Å². The molecule has 0 fully saturated rings. The minimum atomic E-state index is -0.507. The van der Waals surface area contributed by atoms with Gasteiger partial charge in [-0.25, -0.2) is 4.99 Å².